The van der Waals surface area contributed by atoms with E-state index in [1.807, 2.05) is 31.3 Å². The van der Waals surface area contributed by atoms with Crippen molar-refractivity contribution >= 4 is 27.3 Å². The molecule has 0 spiro atoms. The Balaban J connectivity index is 2.11. The molecule has 0 saturated heterocycles. The smallest absolute Gasteiger partial charge is 0.0992 e. The third-order valence-corrected chi connectivity index (χ3v) is 4.02. The van der Waals surface area contributed by atoms with Gasteiger partial charge >= 0.3 is 0 Å². The molecule has 3 nitrogen and oxygen atoms in total. The third kappa shape index (κ3) is 3.31. The summed E-state index contributed by atoms with van der Waals surface area (Å²) in [7, 11) is 1.99. The van der Waals surface area contributed by atoms with Crippen LogP contribution < -0.4 is 10.6 Å². The highest BCUT2D eigenvalue weighted by atomic mass is 79.9. The molecule has 2 N–H and O–H groups in total. The lowest BCUT2D eigenvalue weighted by molar-refractivity contribution is 0.875. The Labute approximate surface area is 127 Å². The van der Waals surface area contributed by atoms with E-state index in [2.05, 4.69) is 33.0 Å². The monoisotopic (exact) mass is 329 g/mol. The van der Waals surface area contributed by atoms with E-state index in [1.54, 1.807) is 12.1 Å². The molecule has 0 unspecified atom stereocenters. The molecule has 4 heteroatoms. The fourth-order valence-electron chi connectivity index (χ4n) is 2.05. The van der Waals surface area contributed by atoms with Crippen LogP contribution in [0.15, 0.2) is 46.9 Å². The lowest BCUT2D eigenvalue weighted by Gasteiger charge is -2.21. The quantitative estimate of drug-likeness (QED) is 0.872. The minimum Gasteiger partial charge on any atom is -0.397 e. The maximum Gasteiger partial charge on any atom is 0.0992 e. The van der Waals surface area contributed by atoms with Gasteiger partial charge in [-0.05, 0) is 36.2 Å². The van der Waals surface area contributed by atoms with E-state index in [0.717, 1.165) is 23.1 Å². The van der Waals surface area contributed by atoms with Crippen LogP contribution in [0.1, 0.15) is 11.1 Å². The number of hydrogen-bond donors (Lipinski definition) is 1. The van der Waals surface area contributed by atoms with Crippen molar-refractivity contribution in [3.05, 3.63) is 58.1 Å². The van der Waals surface area contributed by atoms with Crippen molar-refractivity contribution in [3.8, 4) is 6.07 Å². The number of halogens is 1. The zero-order valence-electron chi connectivity index (χ0n) is 11.3. The van der Waals surface area contributed by atoms with Gasteiger partial charge in [0.05, 0.1) is 23.0 Å². The lowest BCUT2D eigenvalue weighted by atomic mass is 10.1. The van der Waals surface area contributed by atoms with E-state index < -0.39 is 0 Å². The first-order chi connectivity index (χ1) is 9.61. The Kier molecular flexibility index (Phi) is 4.65. The minimum atomic E-state index is 0.627. The molecule has 102 valence electrons. The Hall–Kier alpha value is -1.99. The number of rotatable bonds is 4. The van der Waals surface area contributed by atoms with Gasteiger partial charge in [-0.25, -0.2) is 0 Å². The highest BCUT2D eigenvalue weighted by Gasteiger charge is 2.07. The number of likely N-dealkylation sites (N-methyl/N-ethyl adjacent to an activating group) is 1. The van der Waals surface area contributed by atoms with Crippen molar-refractivity contribution in [2.75, 3.05) is 24.2 Å². The van der Waals surface area contributed by atoms with Crippen LogP contribution in [0, 0.1) is 11.3 Å². The van der Waals surface area contributed by atoms with Gasteiger partial charge in [-0.2, -0.15) is 5.26 Å². The minimum absolute atomic E-state index is 0.627. The van der Waals surface area contributed by atoms with E-state index >= 15 is 0 Å². The average Bonchev–Trinajstić information content (AvgIpc) is 2.46. The largest absolute Gasteiger partial charge is 0.397 e. The van der Waals surface area contributed by atoms with Crippen molar-refractivity contribution in [3.63, 3.8) is 0 Å². The fraction of sp³-hybridized carbons (Fsp3) is 0.188. The molecule has 0 fully saturated rings. The van der Waals surface area contributed by atoms with Crippen LogP contribution in [0.4, 0.5) is 11.4 Å². The lowest BCUT2D eigenvalue weighted by Crippen LogP contribution is -2.21. The van der Waals surface area contributed by atoms with E-state index in [4.69, 9.17) is 11.0 Å². The summed E-state index contributed by atoms with van der Waals surface area (Å²) in [5.74, 6) is 0. The molecule has 0 atom stereocenters. The summed E-state index contributed by atoms with van der Waals surface area (Å²) >= 11 is 3.55. The second kappa shape index (κ2) is 6.44. The molecule has 2 aromatic carbocycles. The first-order valence-electron chi connectivity index (χ1n) is 6.36. The highest BCUT2D eigenvalue weighted by Crippen LogP contribution is 2.24. The second-order valence-corrected chi connectivity index (χ2v) is 5.50. The van der Waals surface area contributed by atoms with Crippen molar-refractivity contribution < 1.29 is 0 Å². The average molecular weight is 330 g/mol. The summed E-state index contributed by atoms with van der Waals surface area (Å²) in [4.78, 5) is 2.08. The van der Waals surface area contributed by atoms with Crippen LogP contribution in [-0.2, 0) is 6.42 Å². The molecule has 0 radical (unpaired) electrons. The zero-order chi connectivity index (χ0) is 14.5. The number of nitriles is 1. The molecule has 0 bridgehead atoms. The zero-order valence-corrected chi connectivity index (χ0v) is 12.9. The van der Waals surface area contributed by atoms with Crippen molar-refractivity contribution in [2.45, 2.75) is 6.42 Å². The first kappa shape index (κ1) is 14.4. The van der Waals surface area contributed by atoms with Crippen molar-refractivity contribution in [1.82, 2.24) is 0 Å². The summed E-state index contributed by atoms with van der Waals surface area (Å²) in [5.41, 5.74) is 9.46. The van der Waals surface area contributed by atoms with Crippen LogP contribution in [0.5, 0.6) is 0 Å². The molecule has 0 aliphatic carbocycles. The Morgan fingerprint density at radius 2 is 2.00 bits per heavy atom. The van der Waals surface area contributed by atoms with E-state index in [9.17, 15) is 0 Å². The van der Waals surface area contributed by atoms with Gasteiger partial charge in [-0.3, -0.25) is 0 Å². The van der Waals surface area contributed by atoms with Crippen LogP contribution in [0.25, 0.3) is 0 Å². The van der Waals surface area contributed by atoms with Gasteiger partial charge in [-0.15, -0.1) is 0 Å². The van der Waals surface area contributed by atoms with Gasteiger partial charge in [-0.1, -0.05) is 34.1 Å². The Bertz CT molecular complexity index is 646. The predicted octanol–water partition coefficient (Wildman–Crippen LogP) is 3.58. The molecule has 0 heterocycles. The molecular weight excluding hydrogens is 314 g/mol. The Morgan fingerprint density at radius 3 is 2.70 bits per heavy atom. The summed E-state index contributed by atoms with van der Waals surface area (Å²) in [5, 5.41) is 8.96. The molecule has 0 aliphatic heterocycles. The van der Waals surface area contributed by atoms with Gasteiger partial charge in [0.15, 0.2) is 0 Å². The molecule has 0 amide bonds. The number of nitrogens with zero attached hydrogens (tertiary/aromatic N) is 2. The van der Waals surface area contributed by atoms with Crippen molar-refractivity contribution in [2.24, 2.45) is 0 Å². The highest BCUT2D eigenvalue weighted by molar-refractivity contribution is 9.10. The number of anilines is 2. The van der Waals surface area contributed by atoms with Gasteiger partial charge < -0.3 is 10.6 Å². The standard InChI is InChI=1S/C16H16BrN3/c1-20(9-8-13-4-2-3-5-14(13)17)16-10-12(11-18)6-7-15(16)19/h2-7,10H,8-9,19H2,1H3. The second-order valence-electron chi connectivity index (χ2n) is 4.65. The summed E-state index contributed by atoms with van der Waals surface area (Å²) < 4.78 is 1.12. The molecule has 2 rings (SSSR count). The molecule has 0 aliphatic rings. The maximum atomic E-state index is 8.96. The summed E-state index contributed by atoms with van der Waals surface area (Å²) in [6, 6.07) is 15.7. The topological polar surface area (TPSA) is 53.0 Å². The molecule has 0 aromatic heterocycles. The summed E-state index contributed by atoms with van der Waals surface area (Å²) in [6.45, 7) is 0.835. The number of benzene rings is 2. The van der Waals surface area contributed by atoms with Gasteiger partial charge in [0.25, 0.3) is 0 Å². The fourth-order valence-corrected chi connectivity index (χ4v) is 2.54. The molecular formula is C16H16BrN3. The van der Waals surface area contributed by atoms with Crippen LogP contribution in [0.2, 0.25) is 0 Å². The van der Waals surface area contributed by atoms with Crippen molar-refractivity contribution in [1.29, 1.82) is 5.26 Å². The SMILES string of the molecule is CN(CCc1ccccc1Br)c1cc(C#N)ccc1N. The molecule has 0 saturated carbocycles. The van der Waals surface area contributed by atoms with Gasteiger partial charge in [0.1, 0.15) is 0 Å². The maximum absolute atomic E-state index is 8.96. The molecule has 2 aromatic rings. The number of hydrogen-bond acceptors (Lipinski definition) is 3. The van der Waals surface area contributed by atoms with Crippen LogP contribution in [-0.4, -0.2) is 13.6 Å². The number of nitrogen functional groups attached to an aromatic ring is 1. The van der Waals surface area contributed by atoms with Crippen LogP contribution in [0.3, 0.4) is 0 Å². The van der Waals surface area contributed by atoms with E-state index in [1.165, 1.54) is 5.56 Å². The van der Waals surface area contributed by atoms with E-state index in [0.29, 0.717) is 11.3 Å². The number of nitrogens with two attached hydrogens (primary N) is 1. The van der Waals surface area contributed by atoms with E-state index in [-0.39, 0.29) is 0 Å². The van der Waals surface area contributed by atoms with Gasteiger partial charge in [0, 0.05) is 18.1 Å². The molecule has 20 heavy (non-hydrogen) atoms. The first-order valence-corrected chi connectivity index (χ1v) is 7.15. The Morgan fingerprint density at radius 1 is 1.25 bits per heavy atom. The predicted molar refractivity (Wildman–Crippen MR) is 86.7 cm³/mol. The third-order valence-electron chi connectivity index (χ3n) is 3.25. The van der Waals surface area contributed by atoms with Gasteiger partial charge in [0.2, 0.25) is 0 Å². The van der Waals surface area contributed by atoms with Crippen LogP contribution >= 0.6 is 15.9 Å². The normalized spacial score (nSPS) is 10.1. The summed E-state index contributed by atoms with van der Waals surface area (Å²) in [6.07, 6.45) is 0.911.